The van der Waals surface area contributed by atoms with E-state index in [4.69, 9.17) is 5.26 Å². The number of nitrogens with one attached hydrogen (secondary N) is 1. The number of aromatic nitrogens is 1. The van der Waals surface area contributed by atoms with Crippen LogP contribution in [0.1, 0.15) is 0 Å². The smallest absolute Gasteiger partial charge is 0.235 e. The molecule has 0 fully saturated rings. The monoisotopic (exact) mass is 199 g/mol. The maximum absolute atomic E-state index is 8.58. The average Bonchev–Trinajstić information content (AvgIpc) is 2.72. The normalized spacial score (nSPS) is 11.0. The fourth-order valence-electron chi connectivity index (χ4n) is 1.90. The van der Waals surface area contributed by atoms with Crippen molar-refractivity contribution in [3.05, 3.63) is 42.5 Å². The lowest BCUT2D eigenvalue weighted by Crippen LogP contribution is -1.81. The SMILES string of the molecule is OOc1cc2ccc3ccccc3c2[nH]1. The number of hydrogen-bond acceptors (Lipinski definition) is 2. The number of benzene rings is 2. The molecule has 2 N–H and O–H groups in total. The fraction of sp³-hybridized carbons (Fsp3) is 0. The summed E-state index contributed by atoms with van der Waals surface area (Å²) in [6.07, 6.45) is 0. The third-order valence-corrected chi connectivity index (χ3v) is 2.59. The molecule has 0 atom stereocenters. The Morgan fingerprint density at radius 1 is 1.00 bits per heavy atom. The largest absolute Gasteiger partial charge is 0.322 e. The van der Waals surface area contributed by atoms with E-state index >= 15 is 0 Å². The predicted octanol–water partition coefficient (Wildman–Crippen LogP) is 3.17. The van der Waals surface area contributed by atoms with Crippen LogP contribution in [0, 0.1) is 0 Å². The second-order valence-electron chi connectivity index (χ2n) is 3.48. The van der Waals surface area contributed by atoms with Gasteiger partial charge in [0, 0.05) is 16.8 Å². The summed E-state index contributed by atoms with van der Waals surface area (Å²) >= 11 is 0. The molecule has 0 bridgehead atoms. The highest BCUT2D eigenvalue weighted by atomic mass is 17.1. The van der Waals surface area contributed by atoms with E-state index in [-0.39, 0.29) is 0 Å². The first-order chi connectivity index (χ1) is 7.38. The Balaban J connectivity index is 2.47. The van der Waals surface area contributed by atoms with Gasteiger partial charge in [-0.1, -0.05) is 36.4 Å². The van der Waals surface area contributed by atoms with Crippen molar-refractivity contribution in [3.63, 3.8) is 0 Å². The highest BCUT2D eigenvalue weighted by Crippen LogP contribution is 2.27. The molecule has 2 aromatic carbocycles. The zero-order valence-electron chi connectivity index (χ0n) is 7.90. The van der Waals surface area contributed by atoms with Gasteiger partial charge in [-0.2, -0.15) is 0 Å². The Bertz CT molecular complexity index is 628. The van der Waals surface area contributed by atoms with Gasteiger partial charge in [0.15, 0.2) is 0 Å². The molecule has 3 aromatic rings. The van der Waals surface area contributed by atoms with E-state index in [9.17, 15) is 0 Å². The summed E-state index contributed by atoms with van der Waals surface area (Å²) < 4.78 is 0. The third-order valence-electron chi connectivity index (χ3n) is 2.59. The van der Waals surface area contributed by atoms with Crippen molar-refractivity contribution in [1.82, 2.24) is 4.98 Å². The molecule has 0 amide bonds. The van der Waals surface area contributed by atoms with E-state index in [0.717, 1.165) is 21.7 Å². The van der Waals surface area contributed by atoms with Gasteiger partial charge in [-0.3, -0.25) is 0 Å². The summed E-state index contributed by atoms with van der Waals surface area (Å²) in [5, 5.41) is 11.9. The summed E-state index contributed by atoms with van der Waals surface area (Å²) in [5.74, 6) is 0.362. The van der Waals surface area contributed by atoms with Gasteiger partial charge in [-0.15, -0.1) is 0 Å². The van der Waals surface area contributed by atoms with Crippen LogP contribution >= 0.6 is 0 Å². The molecule has 0 radical (unpaired) electrons. The molecule has 3 nitrogen and oxygen atoms in total. The van der Waals surface area contributed by atoms with Gasteiger partial charge >= 0.3 is 0 Å². The first kappa shape index (κ1) is 8.32. The van der Waals surface area contributed by atoms with Crippen LogP contribution < -0.4 is 4.89 Å². The first-order valence-corrected chi connectivity index (χ1v) is 4.70. The minimum Gasteiger partial charge on any atom is -0.322 e. The first-order valence-electron chi connectivity index (χ1n) is 4.70. The molecule has 15 heavy (non-hydrogen) atoms. The van der Waals surface area contributed by atoms with Crippen molar-refractivity contribution in [2.24, 2.45) is 0 Å². The Kier molecular flexibility index (Phi) is 1.66. The van der Waals surface area contributed by atoms with Gasteiger partial charge in [0.25, 0.3) is 0 Å². The molecular weight excluding hydrogens is 190 g/mol. The van der Waals surface area contributed by atoms with E-state index in [1.165, 1.54) is 0 Å². The van der Waals surface area contributed by atoms with E-state index in [1.54, 1.807) is 6.07 Å². The number of rotatable bonds is 1. The fourth-order valence-corrected chi connectivity index (χ4v) is 1.90. The molecule has 1 aromatic heterocycles. The van der Waals surface area contributed by atoms with Crippen LogP contribution in [0.2, 0.25) is 0 Å². The highest BCUT2D eigenvalue weighted by Gasteiger charge is 2.04. The van der Waals surface area contributed by atoms with Gasteiger partial charge in [0.1, 0.15) is 0 Å². The van der Waals surface area contributed by atoms with Crippen LogP contribution in [-0.2, 0) is 0 Å². The topological polar surface area (TPSA) is 45.2 Å². The Morgan fingerprint density at radius 2 is 1.80 bits per heavy atom. The number of H-pyrrole nitrogens is 1. The Hall–Kier alpha value is -2.00. The molecule has 74 valence electrons. The van der Waals surface area contributed by atoms with Crippen LogP contribution in [0.5, 0.6) is 5.88 Å². The lowest BCUT2D eigenvalue weighted by molar-refractivity contribution is -0.141. The van der Waals surface area contributed by atoms with Crippen molar-refractivity contribution in [3.8, 4) is 5.88 Å². The Labute approximate surface area is 85.8 Å². The summed E-state index contributed by atoms with van der Waals surface area (Å²) in [7, 11) is 0. The highest BCUT2D eigenvalue weighted by molar-refractivity contribution is 6.06. The molecule has 0 unspecified atom stereocenters. The minimum absolute atomic E-state index is 0.362. The molecule has 0 aliphatic rings. The Morgan fingerprint density at radius 3 is 2.67 bits per heavy atom. The maximum atomic E-state index is 8.58. The molecular formula is C12H9NO2. The lowest BCUT2D eigenvalue weighted by Gasteiger charge is -1.97. The second kappa shape index (κ2) is 3.00. The number of fused-ring (bicyclic) bond motifs is 3. The minimum atomic E-state index is 0.362. The molecule has 0 aliphatic heterocycles. The van der Waals surface area contributed by atoms with Crippen molar-refractivity contribution in [2.75, 3.05) is 0 Å². The maximum Gasteiger partial charge on any atom is 0.235 e. The van der Waals surface area contributed by atoms with Gasteiger partial charge < -0.3 is 9.87 Å². The quantitative estimate of drug-likeness (QED) is 0.467. The molecule has 0 saturated carbocycles. The second-order valence-corrected chi connectivity index (χ2v) is 3.48. The summed E-state index contributed by atoms with van der Waals surface area (Å²) in [5.41, 5.74) is 0.983. The number of aromatic amines is 1. The van der Waals surface area contributed by atoms with Crippen LogP contribution in [0.15, 0.2) is 42.5 Å². The third kappa shape index (κ3) is 1.17. The lowest BCUT2D eigenvalue weighted by atomic mass is 10.1. The zero-order valence-corrected chi connectivity index (χ0v) is 7.90. The van der Waals surface area contributed by atoms with E-state index in [1.807, 2.05) is 30.3 Å². The van der Waals surface area contributed by atoms with E-state index in [2.05, 4.69) is 15.9 Å². The van der Waals surface area contributed by atoms with Gasteiger partial charge in [-0.05, 0) is 5.39 Å². The molecule has 3 heteroatoms. The summed E-state index contributed by atoms with van der Waals surface area (Å²) in [6, 6.07) is 13.9. The van der Waals surface area contributed by atoms with Crippen molar-refractivity contribution >= 4 is 21.7 Å². The predicted molar refractivity (Wildman–Crippen MR) is 59.1 cm³/mol. The van der Waals surface area contributed by atoms with E-state index in [0.29, 0.717) is 5.88 Å². The molecule has 1 heterocycles. The van der Waals surface area contributed by atoms with Crippen LogP contribution in [0.4, 0.5) is 0 Å². The molecule has 0 saturated heterocycles. The van der Waals surface area contributed by atoms with Crippen LogP contribution in [-0.4, -0.2) is 10.2 Å². The van der Waals surface area contributed by atoms with Crippen LogP contribution in [0.25, 0.3) is 21.7 Å². The molecule has 3 rings (SSSR count). The zero-order chi connectivity index (χ0) is 10.3. The van der Waals surface area contributed by atoms with Crippen molar-refractivity contribution in [2.45, 2.75) is 0 Å². The summed E-state index contributed by atoms with van der Waals surface area (Å²) in [6.45, 7) is 0. The van der Waals surface area contributed by atoms with Gasteiger partial charge in [0.05, 0.1) is 5.52 Å². The standard InChI is InChI=1S/C12H9NO2/c14-15-11-7-9-6-5-8-3-1-2-4-10(8)12(9)13-11/h1-7,13-14H. The average molecular weight is 199 g/mol. The van der Waals surface area contributed by atoms with Crippen molar-refractivity contribution in [1.29, 1.82) is 0 Å². The van der Waals surface area contributed by atoms with Crippen molar-refractivity contribution < 1.29 is 10.1 Å². The van der Waals surface area contributed by atoms with Crippen LogP contribution in [0.3, 0.4) is 0 Å². The van der Waals surface area contributed by atoms with Gasteiger partial charge in [-0.25, -0.2) is 5.26 Å². The van der Waals surface area contributed by atoms with E-state index < -0.39 is 0 Å². The van der Waals surface area contributed by atoms with Gasteiger partial charge in [0.2, 0.25) is 5.88 Å². The molecule has 0 spiro atoms. The molecule has 0 aliphatic carbocycles. The summed E-state index contributed by atoms with van der Waals surface area (Å²) in [4.78, 5) is 7.21. The number of hydrogen-bond donors (Lipinski definition) is 2.